The van der Waals surface area contributed by atoms with E-state index in [1.165, 1.54) is 0 Å². The van der Waals surface area contributed by atoms with Crippen molar-refractivity contribution in [2.75, 3.05) is 0 Å². The molecule has 0 saturated carbocycles. The van der Waals surface area contributed by atoms with Crippen LogP contribution in [0.25, 0.3) is 11.0 Å². The minimum atomic E-state index is -2.96. The summed E-state index contributed by atoms with van der Waals surface area (Å²) in [5, 5.41) is 0. The van der Waals surface area contributed by atoms with E-state index in [2.05, 4.69) is 30.6 Å². The lowest BCUT2D eigenvalue weighted by Crippen LogP contribution is -2.02. The van der Waals surface area contributed by atoms with Crippen molar-refractivity contribution < 1.29 is 17.9 Å². The van der Waals surface area contributed by atoms with Crippen LogP contribution in [0.3, 0.4) is 0 Å². The van der Waals surface area contributed by atoms with Crippen molar-refractivity contribution in [3.05, 3.63) is 22.7 Å². The van der Waals surface area contributed by atoms with E-state index in [0.717, 1.165) is 12.1 Å². The third kappa shape index (κ3) is 1.92. The Morgan fingerprint density at radius 3 is 2.80 bits per heavy atom. The largest absolute Gasteiger partial charge is 0.433 e. The topological polar surface area (TPSA) is 37.9 Å². The predicted octanol–water partition coefficient (Wildman–Crippen LogP) is 3.07. The van der Waals surface area contributed by atoms with E-state index >= 15 is 0 Å². The van der Waals surface area contributed by atoms with Gasteiger partial charge in [-0.1, -0.05) is 0 Å². The van der Waals surface area contributed by atoms with Gasteiger partial charge >= 0.3 is 6.61 Å². The number of nitrogens with one attached hydrogen (secondary N) is 1. The zero-order valence-electron chi connectivity index (χ0n) is 7.10. The Labute approximate surface area is 90.4 Å². The van der Waals surface area contributed by atoms with Crippen LogP contribution in [0.1, 0.15) is 0 Å². The van der Waals surface area contributed by atoms with E-state index in [9.17, 15) is 13.2 Å². The maximum Gasteiger partial charge on any atom is 0.387 e. The molecule has 1 aromatic heterocycles. The molecule has 0 amide bonds. The number of halogens is 4. The van der Waals surface area contributed by atoms with Gasteiger partial charge in [-0.2, -0.15) is 8.78 Å². The number of fused-ring (bicyclic) bond motifs is 1. The van der Waals surface area contributed by atoms with Crippen LogP contribution in [-0.4, -0.2) is 16.6 Å². The van der Waals surface area contributed by atoms with Crippen molar-refractivity contribution in [2.45, 2.75) is 6.61 Å². The number of nitrogens with zero attached hydrogens (tertiary/aromatic N) is 1. The number of H-pyrrole nitrogens is 1. The highest BCUT2D eigenvalue weighted by atomic mass is 79.9. The van der Waals surface area contributed by atoms with Crippen molar-refractivity contribution in [1.29, 1.82) is 0 Å². The zero-order valence-corrected chi connectivity index (χ0v) is 8.69. The summed E-state index contributed by atoms with van der Waals surface area (Å²) in [4.78, 5) is 6.32. The molecule has 0 aliphatic carbocycles. The van der Waals surface area contributed by atoms with E-state index in [0.29, 0.717) is 0 Å². The summed E-state index contributed by atoms with van der Waals surface area (Å²) in [6, 6.07) is 2.14. The Balaban J connectivity index is 2.60. The third-order valence-electron chi connectivity index (χ3n) is 1.74. The highest BCUT2D eigenvalue weighted by molar-refractivity contribution is 9.10. The van der Waals surface area contributed by atoms with Crippen LogP contribution >= 0.6 is 15.9 Å². The minimum absolute atomic E-state index is 0.0416. The van der Waals surface area contributed by atoms with Gasteiger partial charge in [0.15, 0.2) is 16.3 Å². The van der Waals surface area contributed by atoms with Crippen molar-refractivity contribution in [1.82, 2.24) is 9.97 Å². The Morgan fingerprint density at radius 1 is 1.40 bits per heavy atom. The van der Waals surface area contributed by atoms with Crippen LogP contribution in [0.15, 0.2) is 16.9 Å². The Morgan fingerprint density at radius 2 is 2.13 bits per heavy atom. The summed E-state index contributed by atoms with van der Waals surface area (Å²) in [6.45, 7) is -2.96. The number of aromatic nitrogens is 2. The highest BCUT2D eigenvalue weighted by Gasteiger charge is 2.14. The number of imidazole rings is 1. The monoisotopic (exact) mass is 280 g/mol. The Kier molecular flexibility index (Phi) is 2.56. The summed E-state index contributed by atoms with van der Waals surface area (Å²) in [6.07, 6.45) is 0. The average Bonchev–Trinajstić information content (AvgIpc) is 2.52. The Bertz CT molecular complexity index is 500. The Hall–Kier alpha value is -1.24. The molecule has 1 N–H and O–H groups in total. The number of aromatic amines is 1. The smallest absolute Gasteiger partial charge is 0.387 e. The maximum atomic E-state index is 13.2. The summed E-state index contributed by atoms with van der Waals surface area (Å²) >= 11 is 2.98. The molecule has 0 radical (unpaired) electrons. The lowest BCUT2D eigenvalue weighted by atomic mass is 10.3. The molecule has 3 nitrogen and oxygen atoms in total. The molecule has 0 unspecified atom stereocenters. The first-order chi connectivity index (χ1) is 7.08. The van der Waals surface area contributed by atoms with Crippen LogP contribution < -0.4 is 4.74 Å². The van der Waals surface area contributed by atoms with Gasteiger partial charge in [0, 0.05) is 0 Å². The quantitative estimate of drug-likeness (QED) is 0.918. The molecule has 2 rings (SSSR count). The van der Waals surface area contributed by atoms with E-state index < -0.39 is 12.4 Å². The van der Waals surface area contributed by atoms with Crippen LogP contribution in [0.2, 0.25) is 0 Å². The van der Waals surface area contributed by atoms with Crippen LogP contribution in [0.4, 0.5) is 13.2 Å². The summed E-state index contributed by atoms with van der Waals surface area (Å²) in [5.41, 5.74) is 0.0576. The number of hydrogen-bond acceptors (Lipinski definition) is 2. The van der Waals surface area contributed by atoms with Gasteiger partial charge in [-0.05, 0) is 28.1 Å². The van der Waals surface area contributed by atoms with Gasteiger partial charge < -0.3 is 9.72 Å². The van der Waals surface area contributed by atoms with E-state index in [-0.39, 0.29) is 21.5 Å². The standard InChI is InChI=1S/C8H4BrF3N2O/c9-7-13-5-3(10)1-2-4(6(5)14-7)15-8(11)12/h1-2,8H,(H,13,14). The molecule has 0 fully saturated rings. The molecule has 7 heteroatoms. The number of ether oxygens (including phenoxy) is 1. The predicted molar refractivity (Wildman–Crippen MR) is 50.4 cm³/mol. The first kappa shape index (κ1) is 10.3. The second-order valence-corrected chi connectivity index (χ2v) is 3.43. The van der Waals surface area contributed by atoms with Gasteiger partial charge in [-0.3, -0.25) is 0 Å². The molecule has 2 aromatic rings. The first-order valence-corrected chi connectivity index (χ1v) is 4.66. The van der Waals surface area contributed by atoms with Gasteiger partial charge in [0.2, 0.25) is 0 Å². The molecule has 0 spiro atoms. The summed E-state index contributed by atoms with van der Waals surface area (Å²) < 4.78 is 41.6. The normalized spacial score (nSPS) is 11.3. The molecule has 0 bridgehead atoms. The van der Waals surface area contributed by atoms with E-state index in [1.54, 1.807) is 0 Å². The molecule has 0 saturated heterocycles. The van der Waals surface area contributed by atoms with Crippen LogP contribution in [-0.2, 0) is 0 Å². The van der Waals surface area contributed by atoms with Gasteiger partial charge in [-0.25, -0.2) is 9.37 Å². The van der Waals surface area contributed by atoms with E-state index in [4.69, 9.17) is 0 Å². The fourth-order valence-electron chi connectivity index (χ4n) is 1.20. The maximum absolute atomic E-state index is 13.2. The van der Waals surface area contributed by atoms with Gasteiger partial charge in [-0.15, -0.1) is 0 Å². The lowest BCUT2D eigenvalue weighted by Gasteiger charge is -2.04. The number of benzene rings is 1. The molecule has 15 heavy (non-hydrogen) atoms. The van der Waals surface area contributed by atoms with Crippen molar-refractivity contribution >= 4 is 27.0 Å². The molecular weight excluding hydrogens is 277 g/mol. The average molecular weight is 281 g/mol. The van der Waals surface area contributed by atoms with Crippen LogP contribution in [0.5, 0.6) is 5.75 Å². The molecule has 0 aliphatic heterocycles. The van der Waals surface area contributed by atoms with Crippen LogP contribution in [0, 0.1) is 5.82 Å². The second-order valence-electron chi connectivity index (χ2n) is 2.68. The zero-order chi connectivity index (χ0) is 11.0. The van der Waals surface area contributed by atoms with E-state index in [1.807, 2.05) is 0 Å². The molecule has 80 valence electrons. The first-order valence-electron chi connectivity index (χ1n) is 3.86. The van der Waals surface area contributed by atoms with Crippen molar-refractivity contribution in [3.63, 3.8) is 0 Å². The minimum Gasteiger partial charge on any atom is -0.433 e. The van der Waals surface area contributed by atoms with Crippen molar-refractivity contribution in [2.24, 2.45) is 0 Å². The number of alkyl halides is 2. The number of hydrogen-bond donors (Lipinski definition) is 1. The fourth-order valence-corrected chi connectivity index (χ4v) is 1.58. The van der Waals surface area contributed by atoms with Crippen molar-refractivity contribution in [3.8, 4) is 5.75 Å². The molecular formula is C8H4BrF3N2O. The summed E-state index contributed by atoms with van der Waals surface area (Å²) in [7, 11) is 0. The van der Waals surface area contributed by atoms with Gasteiger partial charge in [0.05, 0.1) is 0 Å². The molecule has 0 atom stereocenters. The SMILES string of the molecule is Fc1ccc(OC(F)F)c2[nH]c(Br)nc12. The lowest BCUT2D eigenvalue weighted by molar-refractivity contribution is -0.0489. The fraction of sp³-hybridized carbons (Fsp3) is 0.125. The second kappa shape index (κ2) is 3.73. The van der Waals surface area contributed by atoms with Gasteiger partial charge in [0.25, 0.3) is 0 Å². The highest BCUT2D eigenvalue weighted by Crippen LogP contribution is 2.28. The molecule has 1 heterocycles. The molecule has 0 aliphatic rings. The summed E-state index contributed by atoms with van der Waals surface area (Å²) in [5.74, 6) is -0.742. The van der Waals surface area contributed by atoms with Gasteiger partial charge in [0.1, 0.15) is 11.0 Å². The third-order valence-corrected chi connectivity index (χ3v) is 2.12. The molecule has 1 aromatic carbocycles. The number of rotatable bonds is 2.